The number of nitrogens with one attached hydrogen (secondary N) is 1. The number of amides is 1. The van der Waals surface area contributed by atoms with Gasteiger partial charge in [-0.15, -0.1) is 11.6 Å². The van der Waals surface area contributed by atoms with Crippen LogP contribution in [-0.4, -0.2) is 33.2 Å². The molecular formula is C14H16ClN3O. The van der Waals surface area contributed by atoms with Gasteiger partial charge in [0.25, 0.3) is 0 Å². The third kappa shape index (κ3) is 2.32. The number of carbonyl (C=O) groups excluding carboxylic acids is 1. The molecule has 1 N–H and O–H groups in total. The van der Waals surface area contributed by atoms with E-state index in [0.717, 1.165) is 42.7 Å². The molecular weight excluding hydrogens is 262 g/mol. The lowest BCUT2D eigenvalue weighted by Gasteiger charge is -2.34. The number of imidazole rings is 1. The normalized spacial score (nSPS) is 19.8. The van der Waals surface area contributed by atoms with Gasteiger partial charge in [0.15, 0.2) is 0 Å². The number of aromatic amines is 1. The molecule has 19 heavy (non-hydrogen) atoms. The van der Waals surface area contributed by atoms with Crippen molar-refractivity contribution in [2.24, 2.45) is 0 Å². The summed E-state index contributed by atoms with van der Waals surface area (Å²) in [6.07, 6.45) is 3.11. The van der Waals surface area contributed by atoms with Crippen LogP contribution >= 0.6 is 11.6 Å². The van der Waals surface area contributed by atoms with Gasteiger partial charge in [0.1, 0.15) is 11.7 Å². The second-order valence-corrected chi connectivity index (χ2v) is 5.14. The Balaban J connectivity index is 1.95. The quantitative estimate of drug-likeness (QED) is 0.858. The molecule has 0 spiro atoms. The number of H-pyrrole nitrogens is 1. The molecule has 100 valence electrons. The zero-order valence-corrected chi connectivity index (χ0v) is 11.4. The van der Waals surface area contributed by atoms with Crippen LogP contribution in [-0.2, 0) is 4.79 Å². The number of halogens is 1. The summed E-state index contributed by atoms with van der Waals surface area (Å²) >= 11 is 5.69. The molecule has 1 aromatic carbocycles. The Morgan fingerprint density at radius 2 is 2.26 bits per heavy atom. The number of piperidine rings is 1. The highest BCUT2D eigenvalue weighted by Crippen LogP contribution is 2.30. The molecule has 1 aliphatic rings. The lowest BCUT2D eigenvalue weighted by Crippen LogP contribution is -2.39. The summed E-state index contributed by atoms with van der Waals surface area (Å²) in [4.78, 5) is 21.7. The number of hydrogen-bond donors (Lipinski definition) is 1. The van der Waals surface area contributed by atoms with Crippen LogP contribution in [0.25, 0.3) is 11.0 Å². The molecule has 1 amide bonds. The summed E-state index contributed by atoms with van der Waals surface area (Å²) in [6.45, 7) is 0.771. The molecule has 1 atom stereocenters. The van der Waals surface area contributed by atoms with Gasteiger partial charge in [-0.25, -0.2) is 4.98 Å². The van der Waals surface area contributed by atoms with Crippen molar-refractivity contribution < 1.29 is 4.79 Å². The van der Waals surface area contributed by atoms with E-state index >= 15 is 0 Å². The van der Waals surface area contributed by atoms with E-state index in [-0.39, 0.29) is 17.8 Å². The van der Waals surface area contributed by atoms with Crippen LogP contribution in [0, 0.1) is 0 Å². The number of alkyl halides is 1. The van der Waals surface area contributed by atoms with Gasteiger partial charge in [0, 0.05) is 6.54 Å². The molecule has 0 saturated carbocycles. The number of para-hydroxylation sites is 2. The maximum Gasteiger partial charge on any atom is 0.238 e. The molecule has 2 heterocycles. The summed E-state index contributed by atoms with van der Waals surface area (Å²) in [6, 6.07) is 7.96. The van der Waals surface area contributed by atoms with E-state index in [0.29, 0.717) is 0 Å². The fraction of sp³-hybridized carbons (Fsp3) is 0.429. The van der Waals surface area contributed by atoms with Crippen LogP contribution in [0.5, 0.6) is 0 Å². The van der Waals surface area contributed by atoms with Crippen molar-refractivity contribution in [2.75, 3.05) is 12.4 Å². The standard InChI is InChI=1S/C14H16ClN3O/c15-9-13(19)18-8-4-3-7-12(18)14-16-10-5-1-2-6-11(10)17-14/h1-2,5-6,12H,3-4,7-9H2,(H,16,17). The van der Waals surface area contributed by atoms with E-state index in [9.17, 15) is 4.79 Å². The number of nitrogens with zero attached hydrogens (tertiary/aromatic N) is 2. The predicted molar refractivity (Wildman–Crippen MR) is 75.1 cm³/mol. The predicted octanol–water partition coefficient (Wildman–Crippen LogP) is 2.86. The maximum atomic E-state index is 11.9. The number of aromatic nitrogens is 2. The monoisotopic (exact) mass is 277 g/mol. The second kappa shape index (κ2) is 5.21. The highest BCUT2D eigenvalue weighted by Gasteiger charge is 2.29. The Morgan fingerprint density at radius 1 is 1.42 bits per heavy atom. The van der Waals surface area contributed by atoms with Crippen LogP contribution < -0.4 is 0 Å². The Kier molecular flexibility index (Phi) is 3.42. The first-order valence-electron chi connectivity index (χ1n) is 6.59. The first-order valence-corrected chi connectivity index (χ1v) is 7.13. The molecule has 2 aromatic rings. The third-order valence-corrected chi connectivity index (χ3v) is 3.89. The number of rotatable bonds is 2. The highest BCUT2D eigenvalue weighted by atomic mass is 35.5. The average molecular weight is 278 g/mol. The lowest BCUT2D eigenvalue weighted by atomic mass is 10.0. The van der Waals surface area contributed by atoms with Crippen molar-refractivity contribution >= 4 is 28.5 Å². The third-order valence-electron chi connectivity index (χ3n) is 3.66. The maximum absolute atomic E-state index is 11.9. The topological polar surface area (TPSA) is 49.0 Å². The van der Waals surface area contributed by atoms with E-state index in [1.165, 1.54) is 0 Å². The SMILES string of the molecule is O=C(CCl)N1CCCCC1c1nc2ccccc2[nH]1. The van der Waals surface area contributed by atoms with Gasteiger partial charge >= 0.3 is 0 Å². The largest absolute Gasteiger partial charge is 0.340 e. The summed E-state index contributed by atoms with van der Waals surface area (Å²) in [5.41, 5.74) is 1.96. The van der Waals surface area contributed by atoms with Gasteiger partial charge in [-0.2, -0.15) is 0 Å². The van der Waals surface area contributed by atoms with Crippen LogP contribution in [0.2, 0.25) is 0 Å². The molecule has 0 radical (unpaired) electrons. The minimum Gasteiger partial charge on any atom is -0.340 e. The van der Waals surface area contributed by atoms with Gasteiger partial charge in [0.05, 0.1) is 17.1 Å². The number of carbonyl (C=O) groups is 1. The van der Waals surface area contributed by atoms with E-state index < -0.39 is 0 Å². The molecule has 3 rings (SSSR count). The molecule has 1 aromatic heterocycles. The molecule has 5 heteroatoms. The minimum atomic E-state index is -0.00757. The second-order valence-electron chi connectivity index (χ2n) is 4.87. The molecule has 1 fully saturated rings. The van der Waals surface area contributed by atoms with Gasteiger partial charge in [-0.1, -0.05) is 12.1 Å². The van der Waals surface area contributed by atoms with E-state index in [4.69, 9.17) is 11.6 Å². The van der Waals surface area contributed by atoms with Gasteiger partial charge < -0.3 is 9.88 Å². The van der Waals surface area contributed by atoms with Crippen LogP contribution in [0.15, 0.2) is 24.3 Å². The first-order chi connectivity index (χ1) is 9.29. The van der Waals surface area contributed by atoms with Crippen molar-refractivity contribution in [3.63, 3.8) is 0 Å². The molecule has 0 bridgehead atoms. The van der Waals surface area contributed by atoms with Crippen LogP contribution in [0.4, 0.5) is 0 Å². The summed E-state index contributed by atoms with van der Waals surface area (Å²) in [5.74, 6) is 0.905. The molecule has 4 nitrogen and oxygen atoms in total. The number of hydrogen-bond acceptors (Lipinski definition) is 2. The minimum absolute atomic E-state index is 0.00757. The van der Waals surface area contributed by atoms with Gasteiger partial charge in [-0.05, 0) is 31.4 Å². The summed E-state index contributed by atoms with van der Waals surface area (Å²) in [5, 5.41) is 0. The molecule has 1 aliphatic heterocycles. The number of likely N-dealkylation sites (tertiary alicyclic amines) is 1. The Labute approximate surface area is 116 Å². The zero-order valence-electron chi connectivity index (χ0n) is 10.6. The summed E-state index contributed by atoms with van der Waals surface area (Å²) < 4.78 is 0. The van der Waals surface area contributed by atoms with Crippen molar-refractivity contribution in [3.05, 3.63) is 30.1 Å². The van der Waals surface area contributed by atoms with E-state index in [1.807, 2.05) is 29.2 Å². The average Bonchev–Trinajstić information content (AvgIpc) is 2.90. The number of fused-ring (bicyclic) bond motifs is 1. The van der Waals surface area contributed by atoms with Crippen LogP contribution in [0.1, 0.15) is 31.1 Å². The Morgan fingerprint density at radius 3 is 3.05 bits per heavy atom. The number of benzene rings is 1. The van der Waals surface area contributed by atoms with Crippen molar-refractivity contribution in [3.8, 4) is 0 Å². The van der Waals surface area contributed by atoms with Crippen molar-refractivity contribution in [1.29, 1.82) is 0 Å². The first kappa shape index (κ1) is 12.5. The van der Waals surface area contributed by atoms with E-state index in [1.54, 1.807) is 0 Å². The molecule has 0 aliphatic carbocycles. The van der Waals surface area contributed by atoms with E-state index in [2.05, 4.69) is 9.97 Å². The van der Waals surface area contributed by atoms with Crippen molar-refractivity contribution in [1.82, 2.24) is 14.9 Å². The fourth-order valence-electron chi connectivity index (χ4n) is 2.72. The van der Waals surface area contributed by atoms with Gasteiger partial charge in [-0.3, -0.25) is 4.79 Å². The fourth-order valence-corrected chi connectivity index (χ4v) is 2.87. The lowest BCUT2D eigenvalue weighted by molar-refractivity contribution is -0.132. The van der Waals surface area contributed by atoms with Crippen molar-refractivity contribution in [2.45, 2.75) is 25.3 Å². The van der Waals surface area contributed by atoms with Crippen LogP contribution in [0.3, 0.4) is 0 Å². The van der Waals surface area contributed by atoms with Gasteiger partial charge in [0.2, 0.25) is 5.91 Å². The highest BCUT2D eigenvalue weighted by molar-refractivity contribution is 6.27. The summed E-state index contributed by atoms with van der Waals surface area (Å²) in [7, 11) is 0. The Bertz CT molecular complexity index is 562. The smallest absolute Gasteiger partial charge is 0.238 e. The zero-order chi connectivity index (χ0) is 13.2. The molecule has 1 unspecified atom stereocenters. The Hall–Kier alpha value is -1.55. The molecule has 1 saturated heterocycles.